The molecule has 0 saturated heterocycles. The molecule has 1 aliphatic rings. The van der Waals surface area contributed by atoms with Gasteiger partial charge in [-0.25, -0.2) is 0 Å². The quantitative estimate of drug-likeness (QED) is 0.558. The molecule has 0 amide bonds. The fraction of sp³-hybridized carbons (Fsp3) is 0.182. The Balaban J connectivity index is 0.00000182. The minimum atomic E-state index is -2.00. The third-order valence-electron chi connectivity index (χ3n) is 4.84. The zero-order valence-electron chi connectivity index (χ0n) is 14.8. The Morgan fingerprint density at radius 1 is 0.625 bits per heavy atom. The second-order valence-corrected chi connectivity index (χ2v) is 9.62. The molecule has 2 heteroatoms. The van der Waals surface area contributed by atoms with Gasteiger partial charge in [0.15, 0.2) is 0 Å². The molecule has 1 fully saturated rings. The van der Waals surface area contributed by atoms with Crippen molar-refractivity contribution < 1.29 is 34.1 Å². The van der Waals surface area contributed by atoms with Crippen LogP contribution < -0.4 is 15.9 Å². The summed E-state index contributed by atoms with van der Waals surface area (Å²) in [7, 11) is -2.00. The third-order valence-corrected chi connectivity index (χ3v) is 9.45. The van der Waals surface area contributed by atoms with Crippen molar-refractivity contribution in [1.29, 1.82) is 0 Å². The van der Waals surface area contributed by atoms with E-state index in [1.54, 1.807) is 0 Å². The van der Waals surface area contributed by atoms with E-state index in [0.29, 0.717) is 0 Å². The smallest absolute Gasteiger partial charge is 0.0620 e. The van der Waals surface area contributed by atoms with E-state index in [0.717, 1.165) is 19.3 Å². The fourth-order valence-electron chi connectivity index (χ4n) is 3.62. The molecule has 1 aliphatic carbocycles. The first kappa shape index (κ1) is 16.7. The Morgan fingerprint density at radius 2 is 0.958 bits per heavy atom. The molecule has 1 radical (unpaired) electrons. The van der Waals surface area contributed by atoms with Gasteiger partial charge in [0, 0.05) is 32.7 Å². The van der Waals surface area contributed by atoms with E-state index in [2.05, 4.69) is 91.0 Å². The molecule has 4 rings (SSSR count). The van der Waals surface area contributed by atoms with E-state index < -0.39 is 12.9 Å². The van der Waals surface area contributed by atoms with Crippen molar-refractivity contribution in [3.05, 3.63) is 91.0 Å². The molecule has 3 aromatic rings. The number of hydrogen-bond acceptors (Lipinski definition) is 0. The van der Waals surface area contributed by atoms with Gasteiger partial charge < -0.3 is 0 Å². The van der Waals surface area contributed by atoms with Crippen molar-refractivity contribution in [1.82, 2.24) is 0 Å². The van der Waals surface area contributed by atoms with E-state index in [1.807, 2.05) is 0 Å². The summed E-state index contributed by atoms with van der Waals surface area (Å²) in [5.41, 5.74) is -0.392. The van der Waals surface area contributed by atoms with Gasteiger partial charge in [0.25, 0.3) is 0 Å². The van der Waals surface area contributed by atoms with Gasteiger partial charge in [0.05, 0.1) is 7.01 Å². The zero-order valence-corrected chi connectivity index (χ0v) is 17.5. The van der Waals surface area contributed by atoms with Crippen LogP contribution in [0.2, 0.25) is 0 Å². The maximum absolute atomic E-state index is 9.43. The summed E-state index contributed by atoms with van der Waals surface area (Å²) in [6, 6.07) is 32.4. The molecule has 0 aliphatic heterocycles. The van der Waals surface area contributed by atoms with Gasteiger partial charge in [-0.2, -0.15) is 0 Å². The van der Waals surface area contributed by atoms with E-state index in [4.69, 9.17) is 0 Å². The molecule has 0 atom stereocenters. The van der Waals surface area contributed by atoms with E-state index in [9.17, 15) is 1.37 Å². The molecule has 1 saturated carbocycles. The average Bonchev–Trinajstić information content (AvgIpc) is 2.64. The van der Waals surface area contributed by atoms with Crippen molar-refractivity contribution in [2.75, 3.05) is 0 Å². The van der Waals surface area contributed by atoms with Crippen LogP contribution in [-0.2, 0) is 32.7 Å². The maximum atomic E-state index is 9.43. The summed E-state index contributed by atoms with van der Waals surface area (Å²) in [4.78, 5) is 0. The van der Waals surface area contributed by atoms with Crippen LogP contribution in [0.4, 0.5) is 0 Å². The Labute approximate surface area is 172 Å². The maximum Gasteiger partial charge on any atom is 0.115 e. The van der Waals surface area contributed by atoms with Crippen molar-refractivity contribution >= 4 is 23.2 Å². The van der Waals surface area contributed by atoms with Gasteiger partial charge in [-0.1, -0.05) is 54.6 Å². The monoisotopic (exact) mass is 407 g/mol. The van der Waals surface area contributed by atoms with Crippen molar-refractivity contribution in [3.8, 4) is 0 Å². The van der Waals surface area contributed by atoms with Crippen LogP contribution in [0.3, 0.4) is 0 Å². The Hall–Kier alpha value is -0.806. The molecule has 0 spiro atoms. The van der Waals surface area contributed by atoms with Crippen LogP contribution in [-0.4, -0.2) is 5.64 Å². The third kappa shape index (κ3) is 3.05. The first-order chi connectivity index (χ1) is 11.8. The zero-order chi connectivity index (χ0) is 16.5. The van der Waals surface area contributed by atoms with Gasteiger partial charge in [-0.3, -0.25) is 0 Å². The minimum Gasteiger partial charge on any atom is -0.0620 e. The normalized spacial score (nSPS) is 16.4. The molecule has 0 nitrogen and oxygen atoms in total. The summed E-state index contributed by atoms with van der Waals surface area (Å²) in [6.45, 7) is 0. The van der Waals surface area contributed by atoms with Crippen molar-refractivity contribution in [3.63, 3.8) is 0 Å². The number of hydrogen-bond donors (Lipinski definition) is 0. The summed E-state index contributed by atoms with van der Waals surface area (Å²) in [6.07, 6.45) is 3.14. The van der Waals surface area contributed by atoms with Crippen molar-refractivity contribution in [2.45, 2.75) is 24.9 Å². The first-order valence-corrected chi connectivity index (χ1v) is 10.1. The summed E-state index contributed by atoms with van der Waals surface area (Å²) in [5.74, 6) is 0. The van der Waals surface area contributed by atoms with Crippen molar-refractivity contribution in [2.24, 2.45) is 0 Å². The van der Waals surface area contributed by atoms with Gasteiger partial charge in [0.2, 0.25) is 0 Å². The second-order valence-electron chi connectivity index (χ2n) is 6.10. The van der Waals surface area contributed by atoms with Gasteiger partial charge >= 0.3 is 0 Å². The molecular weight excluding hydrogens is 384 g/mol. The molecule has 0 bridgehead atoms. The molecule has 0 heterocycles. The average molecular weight is 407 g/mol. The second kappa shape index (κ2) is 8.05. The molecule has 3 aromatic carbocycles. The predicted molar refractivity (Wildman–Crippen MR) is 103 cm³/mol. The minimum absolute atomic E-state index is 0. The molecule has 117 valence electrons. The van der Waals surface area contributed by atoms with Gasteiger partial charge in [-0.15, -0.1) is 0 Å². The molecule has 0 N–H and O–H groups in total. The van der Waals surface area contributed by atoms with Crippen LogP contribution in [0.15, 0.2) is 91.0 Å². The van der Waals surface area contributed by atoms with Crippen LogP contribution in [0.1, 0.15) is 20.6 Å². The van der Waals surface area contributed by atoms with E-state index in [1.165, 1.54) is 15.9 Å². The first-order valence-electron chi connectivity index (χ1n) is 8.83. The summed E-state index contributed by atoms with van der Waals surface area (Å²) in [5, 5.41) is 3.99. The Morgan fingerprint density at radius 3 is 1.21 bits per heavy atom. The number of rotatable bonds is 4. The fourth-order valence-corrected chi connectivity index (χ4v) is 8.45. The molecule has 24 heavy (non-hydrogen) atoms. The van der Waals surface area contributed by atoms with Gasteiger partial charge in [0.1, 0.15) is 23.2 Å². The standard InChI is InChI=1S/C22H22P.Y/c1-4-11-19(12-5-1)23(22-17-10-18-22,20-13-6-2-7-14-20)21-15-8-3-9-16-21;/h1-9,11-16,22H,10,17-18H2;/q+1;/i22D;. The summed E-state index contributed by atoms with van der Waals surface area (Å²) >= 11 is 0. The largest absolute Gasteiger partial charge is 0.115 e. The SMILES string of the molecule is [2H]C1([P+](c2ccccc2)(c2ccccc2)c2ccccc2)CCC1.[Y]. The van der Waals surface area contributed by atoms with Crippen LogP contribution in [0.5, 0.6) is 0 Å². The van der Waals surface area contributed by atoms with E-state index >= 15 is 0 Å². The predicted octanol–water partition coefficient (Wildman–Crippen LogP) is 4.53. The molecule has 0 aromatic heterocycles. The molecule has 0 unspecified atom stereocenters. The Bertz CT molecular complexity index is 705. The van der Waals surface area contributed by atoms with Gasteiger partial charge in [-0.05, 0) is 55.7 Å². The summed E-state index contributed by atoms with van der Waals surface area (Å²) < 4.78 is 9.43. The van der Waals surface area contributed by atoms with Crippen LogP contribution in [0.25, 0.3) is 0 Å². The van der Waals surface area contributed by atoms with Crippen LogP contribution >= 0.6 is 7.26 Å². The number of benzene rings is 3. The molecular formula is C22H22PY+. The van der Waals surface area contributed by atoms with Crippen LogP contribution in [0, 0.1) is 0 Å². The Kier molecular flexibility index (Phi) is 5.58. The topological polar surface area (TPSA) is 0 Å². The van der Waals surface area contributed by atoms with E-state index in [-0.39, 0.29) is 32.7 Å².